The number of benzene rings is 1. The number of hydrogen-bond donors (Lipinski definition) is 2. The molecule has 0 saturated carbocycles. The van der Waals surface area contributed by atoms with Crippen molar-refractivity contribution in [3.05, 3.63) is 46.1 Å². The zero-order valence-electron chi connectivity index (χ0n) is 11.9. The molecule has 0 saturated heterocycles. The molecule has 3 N–H and O–H groups in total. The van der Waals surface area contributed by atoms with Crippen molar-refractivity contribution >= 4 is 34.6 Å². The maximum Gasteiger partial charge on any atom is 0.218 e. The van der Waals surface area contributed by atoms with E-state index < -0.39 is 0 Å². The lowest BCUT2D eigenvalue weighted by Crippen LogP contribution is -2.11. The third kappa shape index (κ3) is 4.16. The van der Waals surface area contributed by atoms with Crippen LogP contribution in [0.3, 0.4) is 0 Å². The summed E-state index contributed by atoms with van der Waals surface area (Å²) in [5.74, 6) is 0.600. The normalized spacial score (nSPS) is 10.7. The van der Waals surface area contributed by atoms with Gasteiger partial charge >= 0.3 is 0 Å². The van der Waals surface area contributed by atoms with Crippen molar-refractivity contribution in [3.8, 4) is 5.88 Å². The Morgan fingerprint density at radius 3 is 2.57 bits per heavy atom. The third-order valence-corrected chi connectivity index (χ3v) is 3.31. The van der Waals surface area contributed by atoms with Gasteiger partial charge in [0.1, 0.15) is 0 Å². The average molecular weight is 326 g/mol. The smallest absolute Gasteiger partial charge is 0.218 e. The molecule has 1 heterocycles. The minimum Gasteiger partial charge on any atom is -0.475 e. The van der Waals surface area contributed by atoms with Gasteiger partial charge in [-0.15, -0.1) is 0 Å². The summed E-state index contributed by atoms with van der Waals surface area (Å²) in [5.41, 5.74) is 7.79. The van der Waals surface area contributed by atoms with Gasteiger partial charge in [0.05, 0.1) is 21.8 Å². The van der Waals surface area contributed by atoms with E-state index in [9.17, 15) is 0 Å². The molecule has 0 unspecified atom stereocenters. The number of hydrogen-bond acceptors (Lipinski definition) is 4. The fourth-order valence-electron chi connectivity index (χ4n) is 1.83. The quantitative estimate of drug-likeness (QED) is 0.801. The molecule has 2 rings (SSSR count). The number of nitrogens with two attached hydrogens (primary N) is 1. The molecule has 0 aliphatic heterocycles. The Morgan fingerprint density at radius 1 is 1.29 bits per heavy atom. The minimum absolute atomic E-state index is 0.0577. The van der Waals surface area contributed by atoms with Crippen molar-refractivity contribution in [2.75, 3.05) is 11.1 Å². The molecule has 0 atom stereocenters. The van der Waals surface area contributed by atoms with Crippen molar-refractivity contribution in [1.29, 1.82) is 0 Å². The van der Waals surface area contributed by atoms with Gasteiger partial charge in [-0.3, -0.25) is 0 Å². The van der Waals surface area contributed by atoms with Gasteiger partial charge in [0.2, 0.25) is 5.88 Å². The number of anilines is 2. The van der Waals surface area contributed by atoms with Crippen LogP contribution in [0.4, 0.5) is 11.4 Å². The molecule has 1 aromatic carbocycles. The lowest BCUT2D eigenvalue weighted by molar-refractivity contribution is 0.230. The first kappa shape index (κ1) is 15.7. The van der Waals surface area contributed by atoms with E-state index in [4.69, 9.17) is 33.7 Å². The van der Waals surface area contributed by atoms with Gasteiger partial charge in [0, 0.05) is 24.0 Å². The van der Waals surface area contributed by atoms with Crippen molar-refractivity contribution < 1.29 is 4.74 Å². The standard InChI is InChI=1S/C15H17Cl2N3O/c1-9(2)21-15-10(4-3-5-19-15)8-20-14-12(16)6-11(18)7-13(14)17/h3-7,9,20H,8,18H2,1-2H3. The summed E-state index contributed by atoms with van der Waals surface area (Å²) in [6.07, 6.45) is 1.76. The van der Waals surface area contributed by atoms with E-state index in [1.54, 1.807) is 18.3 Å². The molecule has 0 aliphatic rings. The van der Waals surface area contributed by atoms with Crippen LogP contribution in [0.15, 0.2) is 30.5 Å². The molecule has 21 heavy (non-hydrogen) atoms. The summed E-state index contributed by atoms with van der Waals surface area (Å²) < 4.78 is 5.68. The molecule has 0 bridgehead atoms. The predicted molar refractivity (Wildman–Crippen MR) is 88.2 cm³/mol. The van der Waals surface area contributed by atoms with Gasteiger partial charge in [-0.25, -0.2) is 4.98 Å². The van der Waals surface area contributed by atoms with E-state index in [2.05, 4.69) is 10.3 Å². The first-order valence-electron chi connectivity index (χ1n) is 6.56. The largest absolute Gasteiger partial charge is 0.475 e. The van der Waals surface area contributed by atoms with Gasteiger partial charge in [-0.1, -0.05) is 29.3 Å². The Kier molecular flexibility index (Phi) is 5.15. The molecular formula is C15H17Cl2N3O. The Morgan fingerprint density at radius 2 is 1.95 bits per heavy atom. The lowest BCUT2D eigenvalue weighted by Gasteiger charge is -2.15. The monoisotopic (exact) mass is 325 g/mol. The van der Waals surface area contributed by atoms with Crippen molar-refractivity contribution in [2.24, 2.45) is 0 Å². The second-order valence-corrected chi connectivity index (χ2v) is 5.66. The van der Waals surface area contributed by atoms with Crippen LogP contribution in [-0.4, -0.2) is 11.1 Å². The van der Waals surface area contributed by atoms with Crippen molar-refractivity contribution in [3.63, 3.8) is 0 Å². The van der Waals surface area contributed by atoms with Crippen LogP contribution >= 0.6 is 23.2 Å². The van der Waals surface area contributed by atoms with Gasteiger partial charge in [-0.2, -0.15) is 0 Å². The first-order chi connectivity index (χ1) is 9.97. The maximum atomic E-state index is 6.15. The highest BCUT2D eigenvalue weighted by Gasteiger charge is 2.10. The van der Waals surface area contributed by atoms with Crippen LogP contribution in [0.25, 0.3) is 0 Å². The van der Waals surface area contributed by atoms with Gasteiger partial charge < -0.3 is 15.8 Å². The highest BCUT2D eigenvalue weighted by atomic mass is 35.5. The highest BCUT2D eigenvalue weighted by Crippen LogP contribution is 2.33. The molecule has 6 heteroatoms. The van der Waals surface area contributed by atoms with Crippen LogP contribution in [-0.2, 0) is 6.54 Å². The van der Waals surface area contributed by atoms with Crippen molar-refractivity contribution in [1.82, 2.24) is 4.98 Å². The SMILES string of the molecule is CC(C)Oc1ncccc1CNc1c(Cl)cc(N)cc1Cl. The Balaban J connectivity index is 2.17. The molecule has 0 fully saturated rings. The number of ether oxygens (including phenoxy) is 1. The number of pyridine rings is 1. The summed E-state index contributed by atoms with van der Waals surface area (Å²) in [5, 5.41) is 4.16. The average Bonchev–Trinajstić information content (AvgIpc) is 2.38. The Hall–Kier alpha value is -1.65. The molecule has 0 amide bonds. The Labute approximate surface area is 134 Å². The van der Waals surface area contributed by atoms with E-state index in [0.29, 0.717) is 33.8 Å². The molecule has 0 radical (unpaired) electrons. The van der Waals surface area contributed by atoms with Crippen LogP contribution in [0.5, 0.6) is 5.88 Å². The van der Waals surface area contributed by atoms with E-state index in [1.807, 2.05) is 26.0 Å². The molecule has 0 aliphatic carbocycles. The van der Waals surface area contributed by atoms with Crippen molar-refractivity contribution in [2.45, 2.75) is 26.5 Å². The molecule has 0 spiro atoms. The van der Waals surface area contributed by atoms with Crippen LogP contribution in [0, 0.1) is 0 Å². The van der Waals surface area contributed by atoms with E-state index in [0.717, 1.165) is 5.56 Å². The molecule has 112 valence electrons. The lowest BCUT2D eigenvalue weighted by atomic mass is 10.2. The summed E-state index contributed by atoms with van der Waals surface area (Å²) in [7, 11) is 0. The number of halogens is 2. The number of nitrogen functional groups attached to an aromatic ring is 1. The summed E-state index contributed by atoms with van der Waals surface area (Å²) >= 11 is 12.3. The molecule has 1 aromatic heterocycles. The van der Waals surface area contributed by atoms with E-state index in [1.165, 1.54) is 0 Å². The predicted octanol–water partition coefficient (Wildman–Crippen LogP) is 4.37. The number of nitrogens with zero attached hydrogens (tertiary/aromatic N) is 1. The number of rotatable bonds is 5. The summed E-state index contributed by atoms with van der Waals surface area (Å²) in [6.45, 7) is 4.42. The van der Waals surface area contributed by atoms with Crippen LogP contribution < -0.4 is 15.8 Å². The zero-order chi connectivity index (χ0) is 15.4. The zero-order valence-corrected chi connectivity index (χ0v) is 13.4. The topological polar surface area (TPSA) is 60.2 Å². The first-order valence-corrected chi connectivity index (χ1v) is 7.32. The summed E-state index contributed by atoms with van der Waals surface area (Å²) in [4.78, 5) is 4.24. The number of aromatic nitrogens is 1. The summed E-state index contributed by atoms with van der Waals surface area (Å²) in [6, 6.07) is 7.11. The van der Waals surface area contributed by atoms with Crippen LogP contribution in [0.2, 0.25) is 10.0 Å². The second kappa shape index (κ2) is 6.87. The molecule has 2 aromatic rings. The van der Waals surface area contributed by atoms with Gasteiger partial charge in [0.25, 0.3) is 0 Å². The maximum absolute atomic E-state index is 6.15. The highest BCUT2D eigenvalue weighted by molar-refractivity contribution is 6.39. The third-order valence-electron chi connectivity index (χ3n) is 2.72. The van der Waals surface area contributed by atoms with Gasteiger partial charge in [-0.05, 0) is 32.0 Å². The van der Waals surface area contributed by atoms with E-state index in [-0.39, 0.29) is 6.10 Å². The minimum atomic E-state index is 0.0577. The second-order valence-electron chi connectivity index (χ2n) is 4.85. The van der Waals surface area contributed by atoms with Gasteiger partial charge in [0.15, 0.2) is 0 Å². The van der Waals surface area contributed by atoms with E-state index >= 15 is 0 Å². The fraction of sp³-hybridized carbons (Fsp3) is 0.267. The van der Waals surface area contributed by atoms with Crippen LogP contribution in [0.1, 0.15) is 19.4 Å². The fourth-order valence-corrected chi connectivity index (χ4v) is 2.47. The Bertz CT molecular complexity index is 609. The molecule has 4 nitrogen and oxygen atoms in total. The molecular weight excluding hydrogens is 309 g/mol. The number of nitrogens with one attached hydrogen (secondary N) is 1.